The normalized spacial score (nSPS) is 19.4. The summed E-state index contributed by atoms with van der Waals surface area (Å²) in [5.74, 6) is 2.31. The molecule has 1 atom stereocenters. The zero-order valence-electron chi connectivity index (χ0n) is 16.9. The summed E-state index contributed by atoms with van der Waals surface area (Å²) in [6, 6.07) is 5.02. The molecular weight excluding hydrogens is 411 g/mol. The first-order chi connectivity index (χ1) is 13.2. The summed E-state index contributed by atoms with van der Waals surface area (Å²) in [4.78, 5) is 15.5. The van der Waals surface area contributed by atoms with Crippen molar-refractivity contribution in [1.82, 2.24) is 25.6 Å². The molecule has 2 saturated heterocycles. The molecule has 2 aliphatic rings. The van der Waals surface area contributed by atoms with Gasteiger partial charge < -0.3 is 20.3 Å². The first kappa shape index (κ1) is 23.6. The van der Waals surface area contributed by atoms with Gasteiger partial charge in [0, 0.05) is 37.9 Å². The van der Waals surface area contributed by atoms with E-state index < -0.39 is 0 Å². The minimum absolute atomic E-state index is 0. The Morgan fingerprint density at radius 2 is 1.86 bits per heavy atom. The lowest BCUT2D eigenvalue weighted by atomic mass is 10.0. The van der Waals surface area contributed by atoms with Crippen molar-refractivity contribution in [3.8, 4) is 11.6 Å². The van der Waals surface area contributed by atoms with Gasteiger partial charge in [0.1, 0.15) is 12.1 Å². The molecule has 9 heteroatoms. The molecule has 0 saturated carbocycles. The minimum atomic E-state index is 0. The van der Waals surface area contributed by atoms with Crippen LogP contribution in [-0.2, 0) is 0 Å². The van der Waals surface area contributed by atoms with Crippen LogP contribution in [0, 0.1) is 13.8 Å². The number of nitrogens with zero attached hydrogens (tertiary/aromatic N) is 4. The lowest BCUT2D eigenvalue weighted by Gasteiger charge is -2.35. The van der Waals surface area contributed by atoms with Crippen LogP contribution in [0.25, 0.3) is 0 Å². The molecule has 2 aromatic heterocycles. The van der Waals surface area contributed by atoms with Crippen molar-refractivity contribution in [2.24, 2.45) is 0 Å². The average molecular weight is 441 g/mol. The summed E-state index contributed by atoms with van der Waals surface area (Å²) in [5, 5.41) is 7.23. The predicted octanol–water partition coefficient (Wildman–Crippen LogP) is 3.04. The second-order valence-corrected chi connectivity index (χ2v) is 7.43. The molecule has 0 aliphatic carbocycles. The highest BCUT2D eigenvalue weighted by Crippen LogP contribution is 2.30. The molecule has 0 spiro atoms. The first-order valence-corrected chi connectivity index (χ1v) is 9.83. The molecule has 0 amide bonds. The van der Waals surface area contributed by atoms with Crippen molar-refractivity contribution >= 4 is 30.6 Å². The highest BCUT2D eigenvalue weighted by atomic mass is 35.5. The van der Waals surface area contributed by atoms with Gasteiger partial charge in [-0.2, -0.15) is 0 Å². The Hall–Kier alpha value is -1.67. The van der Waals surface area contributed by atoms with Crippen LogP contribution in [-0.4, -0.2) is 53.2 Å². The number of halogens is 2. The highest BCUT2D eigenvalue weighted by Gasteiger charge is 2.25. The Morgan fingerprint density at radius 3 is 2.55 bits per heavy atom. The topological polar surface area (TPSA) is 75.2 Å². The van der Waals surface area contributed by atoms with Crippen molar-refractivity contribution < 1.29 is 4.74 Å². The number of piperidine rings is 1. The molecule has 4 heterocycles. The smallest absolute Gasteiger partial charge is 0.227 e. The van der Waals surface area contributed by atoms with Crippen LogP contribution in [0.1, 0.15) is 30.5 Å². The van der Waals surface area contributed by atoms with Crippen molar-refractivity contribution in [2.45, 2.75) is 45.2 Å². The molecule has 2 fully saturated rings. The minimum Gasteiger partial charge on any atom is -0.437 e. The summed E-state index contributed by atoms with van der Waals surface area (Å²) < 4.78 is 6.02. The summed E-state index contributed by atoms with van der Waals surface area (Å²) in [7, 11) is 0. The van der Waals surface area contributed by atoms with Gasteiger partial charge in [0.25, 0.3) is 0 Å². The predicted molar refractivity (Wildman–Crippen MR) is 120 cm³/mol. The molecule has 4 rings (SSSR count). The third-order valence-electron chi connectivity index (χ3n) is 5.50. The number of anilines is 1. The number of nitrogens with one attached hydrogen (secondary N) is 2. The van der Waals surface area contributed by atoms with Gasteiger partial charge in [0.05, 0.1) is 11.3 Å². The van der Waals surface area contributed by atoms with E-state index in [2.05, 4.69) is 30.5 Å². The summed E-state index contributed by atoms with van der Waals surface area (Å²) >= 11 is 0. The number of hydrogen-bond acceptors (Lipinski definition) is 7. The molecule has 29 heavy (non-hydrogen) atoms. The lowest BCUT2D eigenvalue weighted by Crippen LogP contribution is -2.47. The Kier molecular flexibility index (Phi) is 8.89. The summed E-state index contributed by atoms with van der Waals surface area (Å²) in [6.07, 6.45) is 6.87. The van der Waals surface area contributed by atoms with E-state index in [9.17, 15) is 0 Å². The van der Waals surface area contributed by atoms with E-state index in [-0.39, 0.29) is 24.8 Å². The fraction of sp³-hybridized carbons (Fsp3) is 0.550. The van der Waals surface area contributed by atoms with Crippen LogP contribution in [0.2, 0.25) is 0 Å². The van der Waals surface area contributed by atoms with Crippen molar-refractivity contribution in [2.75, 3.05) is 31.1 Å². The maximum Gasteiger partial charge on any atom is 0.227 e. The fourth-order valence-corrected chi connectivity index (χ4v) is 3.92. The molecule has 0 radical (unpaired) electrons. The Balaban J connectivity index is 0.00000150. The zero-order valence-corrected chi connectivity index (χ0v) is 18.6. The third-order valence-corrected chi connectivity index (χ3v) is 5.50. The second-order valence-electron chi connectivity index (χ2n) is 7.43. The molecule has 0 bridgehead atoms. The maximum atomic E-state index is 6.02. The molecule has 2 aromatic rings. The van der Waals surface area contributed by atoms with Gasteiger partial charge in [-0.1, -0.05) is 0 Å². The number of ether oxygens (including phenoxy) is 1. The van der Waals surface area contributed by atoms with Gasteiger partial charge >= 0.3 is 0 Å². The first-order valence-electron chi connectivity index (χ1n) is 9.83. The van der Waals surface area contributed by atoms with Crippen LogP contribution in [0.4, 0.5) is 5.82 Å². The molecule has 0 unspecified atom stereocenters. The van der Waals surface area contributed by atoms with Gasteiger partial charge in [-0.05, 0) is 51.8 Å². The highest BCUT2D eigenvalue weighted by molar-refractivity contribution is 5.85. The third kappa shape index (κ3) is 5.69. The van der Waals surface area contributed by atoms with E-state index in [0.717, 1.165) is 61.8 Å². The van der Waals surface area contributed by atoms with Crippen molar-refractivity contribution in [3.63, 3.8) is 0 Å². The maximum absolute atomic E-state index is 6.02. The lowest BCUT2D eigenvalue weighted by molar-refractivity contribution is 0.374. The number of pyridine rings is 1. The van der Waals surface area contributed by atoms with E-state index in [1.165, 1.54) is 6.42 Å². The largest absolute Gasteiger partial charge is 0.437 e. The molecular formula is C20H30Cl2N6O. The van der Waals surface area contributed by atoms with Crippen LogP contribution >= 0.6 is 24.8 Å². The second kappa shape index (κ2) is 10.9. The van der Waals surface area contributed by atoms with Crippen LogP contribution < -0.4 is 20.3 Å². The zero-order chi connectivity index (χ0) is 18.6. The standard InChI is InChI=1S/C20H28N6O.2ClH/c1-14-19(23-13-24-20(14)27-18-4-3-8-22-15(18)2)26-10-6-16(7-11-26)25-17-5-9-21-12-17;;/h3-4,8,13,16-17,21,25H,5-7,9-12H2,1-2H3;2*1H/t17-;;/m1../s1. The van der Waals surface area contributed by atoms with E-state index in [0.29, 0.717) is 18.0 Å². The van der Waals surface area contributed by atoms with E-state index >= 15 is 0 Å². The van der Waals surface area contributed by atoms with Gasteiger partial charge in [0.15, 0.2) is 5.75 Å². The summed E-state index contributed by atoms with van der Waals surface area (Å²) in [5.41, 5.74) is 1.83. The summed E-state index contributed by atoms with van der Waals surface area (Å²) in [6.45, 7) is 8.20. The molecule has 160 valence electrons. The van der Waals surface area contributed by atoms with E-state index in [1.807, 2.05) is 26.0 Å². The number of hydrogen-bond donors (Lipinski definition) is 2. The van der Waals surface area contributed by atoms with Gasteiger partial charge in [0.2, 0.25) is 5.88 Å². The van der Waals surface area contributed by atoms with Gasteiger partial charge in [-0.25, -0.2) is 9.97 Å². The molecule has 2 aliphatic heterocycles. The Bertz CT molecular complexity index is 779. The molecule has 2 N–H and O–H groups in total. The number of aromatic nitrogens is 3. The Morgan fingerprint density at radius 1 is 1.07 bits per heavy atom. The van der Waals surface area contributed by atoms with Crippen LogP contribution in [0.15, 0.2) is 24.7 Å². The Labute approximate surface area is 184 Å². The number of rotatable bonds is 5. The number of aryl methyl sites for hydroxylation is 1. The van der Waals surface area contributed by atoms with Crippen molar-refractivity contribution in [1.29, 1.82) is 0 Å². The molecule has 7 nitrogen and oxygen atoms in total. The van der Waals surface area contributed by atoms with Crippen molar-refractivity contribution in [3.05, 3.63) is 35.9 Å². The van der Waals surface area contributed by atoms with Crippen LogP contribution in [0.3, 0.4) is 0 Å². The fourth-order valence-electron chi connectivity index (χ4n) is 3.92. The SMILES string of the molecule is Cc1ncccc1Oc1ncnc(N2CCC(N[C@@H]3CCNC3)CC2)c1C.Cl.Cl. The van der Waals surface area contributed by atoms with Gasteiger partial charge in [-0.3, -0.25) is 4.98 Å². The molecule has 0 aromatic carbocycles. The van der Waals surface area contributed by atoms with Crippen LogP contribution in [0.5, 0.6) is 11.6 Å². The monoisotopic (exact) mass is 440 g/mol. The van der Waals surface area contributed by atoms with Gasteiger partial charge in [-0.15, -0.1) is 24.8 Å². The average Bonchev–Trinajstić information content (AvgIpc) is 3.19. The van der Waals surface area contributed by atoms with E-state index in [1.54, 1.807) is 12.5 Å². The van der Waals surface area contributed by atoms with E-state index in [4.69, 9.17) is 4.74 Å². The quantitative estimate of drug-likeness (QED) is 0.739.